The Balaban J connectivity index is 1.55. The van der Waals surface area contributed by atoms with Gasteiger partial charge in [-0.2, -0.15) is 0 Å². The molecule has 0 radical (unpaired) electrons. The monoisotopic (exact) mass is 656 g/mol. The Hall–Kier alpha value is -5.13. The Morgan fingerprint density at radius 2 is 0.915 bits per heavy atom. The predicted octanol–water partition coefficient (Wildman–Crippen LogP) is 5.01. The predicted molar refractivity (Wildman–Crippen MR) is 171 cm³/mol. The summed E-state index contributed by atoms with van der Waals surface area (Å²) in [4.78, 5) is 53.3. The van der Waals surface area contributed by atoms with Gasteiger partial charge in [-0.05, 0) is 48.5 Å². The Bertz CT molecular complexity index is 1680. The van der Waals surface area contributed by atoms with Gasteiger partial charge >= 0.3 is 23.9 Å². The summed E-state index contributed by atoms with van der Waals surface area (Å²) in [7, 11) is -1.80. The van der Waals surface area contributed by atoms with Crippen molar-refractivity contribution in [1.29, 1.82) is 0 Å². The summed E-state index contributed by atoms with van der Waals surface area (Å²) in [6.45, 7) is 1.17. The van der Waals surface area contributed by atoms with E-state index in [1.165, 1.54) is 36.4 Å². The van der Waals surface area contributed by atoms with Gasteiger partial charge in [0.1, 0.15) is 12.7 Å². The molecular formula is C36H32O10S. The summed E-state index contributed by atoms with van der Waals surface area (Å²) in [6, 6.07) is 32.4. The lowest BCUT2D eigenvalue weighted by atomic mass is 9.98. The van der Waals surface area contributed by atoms with Crippen LogP contribution in [0.5, 0.6) is 0 Å². The molecule has 0 saturated carbocycles. The first-order chi connectivity index (χ1) is 22.9. The molecule has 6 atom stereocenters. The molecule has 1 fully saturated rings. The van der Waals surface area contributed by atoms with E-state index < -0.39 is 71.1 Å². The molecule has 1 heterocycles. The van der Waals surface area contributed by atoms with Crippen LogP contribution < -0.4 is 0 Å². The third-order valence-corrected chi connectivity index (χ3v) is 8.75. The minimum Gasteiger partial charge on any atom is -0.459 e. The van der Waals surface area contributed by atoms with Gasteiger partial charge in [0, 0.05) is 5.75 Å². The van der Waals surface area contributed by atoms with Crippen LogP contribution in [0.25, 0.3) is 0 Å². The second kappa shape index (κ2) is 15.9. The molecule has 242 valence electrons. The summed E-state index contributed by atoms with van der Waals surface area (Å²) in [5.41, 5.74) is -0.568. The summed E-state index contributed by atoms with van der Waals surface area (Å²) in [5.74, 6) is -3.04. The van der Waals surface area contributed by atoms with Gasteiger partial charge in [-0.25, -0.2) is 19.2 Å². The first-order valence-electron chi connectivity index (χ1n) is 14.9. The second-order valence-corrected chi connectivity index (χ2v) is 12.2. The van der Waals surface area contributed by atoms with Crippen molar-refractivity contribution in [2.75, 3.05) is 12.4 Å². The van der Waals surface area contributed by atoms with Gasteiger partial charge in [0.15, 0.2) is 23.7 Å². The number of hydrogen-bond acceptors (Lipinski definition) is 10. The van der Waals surface area contributed by atoms with Crippen molar-refractivity contribution in [3.05, 3.63) is 144 Å². The molecule has 1 saturated heterocycles. The molecule has 4 aromatic carbocycles. The molecule has 11 heteroatoms. The molecule has 47 heavy (non-hydrogen) atoms. The molecule has 0 aliphatic carbocycles. The van der Waals surface area contributed by atoms with Gasteiger partial charge in [-0.3, -0.25) is 4.21 Å². The van der Waals surface area contributed by atoms with Crippen molar-refractivity contribution in [2.45, 2.75) is 36.8 Å². The topological polar surface area (TPSA) is 132 Å². The van der Waals surface area contributed by atoms with E-state index in [1.54, 1.807) is 91.9 Å². The van der Waals surface area contributed by atoms with E-state index in [0.29, 0.717) is 0 Å². The normalized spacial score (nSPS) is 21.1. The van der Waals surface area contributed by atoms with Crippen molar-refractivity contribution < 1.29 is 47.1 Å². The summed E-state index contributed by atoms with van der Waals surface area (Å²) in [5, 5.41) is 0. The molecular weight excluding hydrogens is 624 g/mol. The van der Waals surface area contributed by atoms with Gasteiger partial charge in [-0.1, -0.05) is 79.7 Å². The van der Waals surface area contributed by atoms with E-state index in [2.05, 4.69) is 0 Å². The molecule has 0 N–H and O–H groups in total. The zero-order valence-corrected chi connectivity index (χ0v) is 26.2. The lowest BCUT2D eigenvalue weighted by Gasteiger charge is -2.44. The highest BCUT2D eigenvalue weighted by Gasteiger charge is 2.54. The first kappa shape index (κ1) is 33.2. The number of ether oxygens (including phenoxy) is 5. The molecule has 0 spiro atoms. The molecule has 0 bridgehead atoms. The van der Waals surface area contributed by atoms with Crippen molar-refractivity contribution in [2.24, 2.45) is 0 Å². The molecule has 0 unspecified atom stereocenters. The minimum atomic E-state index is -1.80. The Morgan fingerprint density at radius 1 is 0.553 bits per heavy atom. The fourth-order valence-corrected chi connectivity index (χ4v) is 6.01. The van der Waals surface area contributed by atoms with Crippen molar-refractivity contribution in [3.63, 3.8) is 0 Å². The first-order valence-corrected chi connectivity index (χ1v) is 16.3. The van der Waals surface area contributed by atoms with Crippen molar-refractivity contribution in [1.82, 2.24) is 0 Å². The summed E-state index contributed by atoms with van der Waals surface area (Å²) < 4.78 is 43.1. The van der Waals surface area contributed by atoms with Crippen LogP contribution in [0.3, 0.4) is 0 Å². The van der Waals surface area contributed by atoms with E-state index in [9.17, 15) is 23.4 Å². The van der Waals surface area contributed by atoms with Crippen LogP contribution in [0.2, 0.25) is 0 Å². The van der Waals surface area contributed by atoms with Gasteiger partial charge in [0.05, 0.1) is 33.1 Å². The zero-order valence-electron chi connectivity index (χ0n) is 25.3. The fraction of sp³-hybridized carbons (Fsp3) is 0.222. The largest absolute Gasteiger partial charge is 0.459 e. The van der Waals surface area contributed by atoms with Gasteiger partial charge < -0.3 is 23.7 Å². The van der Waals surface area contributed by atoms with E-state index in [1.807, 2.05) is 0 Å². The fourth-order valence-electron chi connectivity index (χ4n) is 4.90. The Morgan fingerprint density at radius 3 is 1.32 bits per heavy atom. The molecule has 10 nitrogen and oxygen atoms in total. The molecule has 0 amide bonds. The van der Waals surface area contributed by atoms with E-state index in [0.717, 1.165) is 0 Å². The molecule has 1 aliphatic rings. The maximum absolute atomic E-state index is 13.5. The van der Waals surface area contributed by atoms with Crippen LogP contribution in [-0.2, 0) is 34.5 Å². The number of carbonyl (C=O) groups excluding carboxylic acids is 4. The van der Waals surface area contributed by atoms with Gasteiger partial charge in [-0.15, -0.1) is 0 Å². The standard InChI is InChI=1S/C36H32O10S/c1-2-47(41)36-31(46-35(40)27-21-13-6-14-22-27)30(45-34(39)26-19-11-5-12-20-26)29(44-33(38)25-17-9-4-10-18-25)28(43-36)23-42-32(37)24-15-7-3-8-16-24/h3-22,28-31,36H,2,23H2,1H3/t28-,29-,30+,31-,36+,47+/m1/s1. The Kier molecular flexibility index (Phi) is 11.3. The SMILES string of the molecule is CC[S@](=O)[C@@H]1O[C@H](COC(=O)c2ccccc2)[C@@H](OC(=O)c2ccccc2)[C@H](OC(=O)c2ccccc2)[C@H]1OC(=O)c1ccccc1. The van der Waals surface area contributed by atoms with Crippen molar-refractivity contribution in [3.8, 4) is 0 Å². The highest BCUT2D eigenvalue weighted by atomic mass is 32.2. The molecule has 4 aromatic rings. The van der Waals surface area contributed by atoms with Crippen LogP contribution in [0.1, 0.15) is 48.4 Å². The number of esters is 4. The van der Waals surface area contributed by atoms with Gasteiger partial charge in [0.25, 0.3) is 0 Å². The number of carbonyl (C=O) groups is 4. The minimum absolute atomic E-state index is 0.0778. The summed E-state index contributed by atoms with van der Waals surface area (Å²) >= 11 is 0. The average Bonchev–Trinajstić information content (AvgIpc) is 3.13. The zero-order chi connectivity index (χ0) is 33.2. The quantitative estimate of drug-likeness (QED) is 0.160. The van der Waals surface area contributed by atoms with E-state index in [-0.39, 0.29) is 28.0 Å². The lowest BCUT2D eigenvalue weighted by Crippen LogP contribution is -2.63. The third-order valence-electron chi connectivity index (χ3n) is 7.28. The van der Waals surface area contributed by atoms with Crippen LogP contribution in [0.4, 0.5) is 0 Å². The maximum atomic E-state index is 13.5. The van der Waals surface area contributed by atoms with Crippen LogP contribution in [-0.4, -0.2) is 70.3 Å². The number of benzene rings is 4. The van der Waals surface area contributed by atoms with Crippen LogP contribution in [0.15, 0.2) is 121 Å². The molecule has 1 aliphatic heterocycles. The van der Waals surface area contributed by atoms with E-state index in [4.69, 9.17) is 23.7 Å². The number of rotatable bonds is 11. The summed E-state index contributed by atoms with van der Waals surface area (Å²) in [6.07, 6.45) is -5.78. The van der Waals surface area contributed by atoms with Gasteiger partial charge in [0.2, 0.25) is 0 Å². The third kappa shape index (κ3) is 8.37. The second-order valence-electron chi connectivity index (χ2n) is 10.4. The average molecular weight is 657 g/mol. The van der Waals surface area contributed by atoms with E-state index >= 15 is 0 Å². The smallest absolute Gasteiger partial charge is 0.338 e. The van der Waals surface area contributed by atoms with Crippen LogP contribution in [0, 0.1) is 0 Å². The molecule has 5 rings (SSSR count). The van der Waals surface area contributed by atoms with Crippen LogP contribution >= 0.6 is 0 Å². The maximum Gasteiger partial charge on any atom is 0.338 e. The highest BCUT2D eigenvalue weighted by Crippen LogP contribution is 2.32. The molecule has 0 aromatic heterocycles. The highest BCUT2D eigenvalue weighted by molar-refractivity contribution is 7.85. The van der Waals surface area contributed by atoms with Crippen molar-refractivity contribution >= 4 is 34.7 Å². The number of hydrogen-bond donors (Lipinski definition) is 0. The lowest BCUT2D eigenvalue weighted by molar-refractivity contribution is -0.208. The Labute approximate surface area is 274 Å².